The van der Waals surface area contributed by atoms with Crippen LogP contribution >= 0.6 is 0 Å². The van der Waals surface area contributed by atoms with Gasteiger partial charge in [0, 0.05) is 43.1 Å². The Morgan fingerprint density at radius 3 is 1.76 bits per heavy atom. The number of ether oxygens (including phenoxy) is 1. The van der Waals surface area contributed by atoms with Crippen molar-refractivity contribution in [3.8, 4) is 5.75 Å². The van der Waals surface area contributed by atoms with Crippen molar-refractivity contribution in [1.82, 2.24) is 9.97 Å². The highest BCUT2D eigenvalue weighted by molar-refractivity contribution is 5.78. The lowest BCUT2D eigenvalue weighted by atomic mass is 10.1. The molecule has 0 fully saturated rings. The second-order valence-electron chi connectivity index (χ2n) is 6.60. The monoisotopic (exact) mass is 389 g/mol. The lowest BCUT2D eigenvalue weighted by Gasteiger charge is -2.12. The van der Waals surface area contributed by atoms with E-state index in [1.165, 1.54) is 6.33 Å². The molecule has 29 heavy (non-hydrogen) atoms. The molecule has 3 aromatic rings. The molecule has 0 atom stereocenters. The number of nitrogens with zero attached hydrogens (tertiary/aromatic N) is 3. The van der Waals surface area contributed by atoms with Crippen LogP contribution in [0.15, 0.2) is 60.9 Å². The molecule has 0 aliphatic rings. The van der Waals surface area contributed by atoms with Crippen LogP contribution in [0.1, 0.15) is 22.5 Å². The molecule has 3 rings (SSSR count). The largest absolute Gasteiger partial charge is 0.507 e. The van der Waals surface area contributed by atoms with E-state index in [0.717, 1.165) is 5.69 Å². The number of hydrogen-bond acceptors (Lipinski definition) is 6. The Labute approximate surface area is 170 Å². The van der Waals surface area contributed by atoms with Crippen molar-refractivity contribution < 1.29 is 14.9 Å². The van der Waals surface area contributed by atoms with Crippen LogP contribution in [0.3, 0.4) is 0 Å². The second-order valence-corrected chi connectivity index (χ2v) is 6.60. The van der Waals surface area contributed by atoms with Crippen LogP contribution in [-0.2, 0) is 0 Å². The van der Waals surface area contributed by atoms with Gasteiger partial charge in [0.25, 0.3) is 0 Å². The van der Waals surface area contributed by atoms with E-state index in [4.69, 9.17) is 4.74 Å². The summed E-state index contributed by atoms with van der Waals surface area (Å²) in [4.78, 5) is 10.3. The summed E-state index contributed by atoms with van der Waals surface area (Å²) in [5, 5.41) is 20.8. The minimum absolute atomic E-state index is 0.0739. The van der Waals surface area contributed by atoms with Crippen LogP contribution in [0.5, 0.6) is 5.75 Å². The molecule has 148 valence electrons. The average molecular weight is 389 g/mol. The average Bonchev–Trinajstić information content (AvgIpc) is 2.74. The predicted octanol–water partition coefficient (Wildman–Crippen LogP) is 4.66. The number of aliphatic hydroxyl groups excluding tert-OH is 2. The fraction of sp³-hybridized carbons (Fsp3) is 0.130. The standard InChI is InChI=1S/C23H23N3O3/c1-26(2)20-8-4-16(5-9-20)22(27)13-18-12-19(25-15-24-18)14-23(28)17-6-10-21(29-3)11-7-17/h4-15,27-28H,1-3H3/b22-13-,23-14-. The molecule has 6 heteroatoms. The lowest BCUT2D eigenvalue weighted by Crippen LogP contribution is -2.08. The third-order valence-electron chi connectivity index (χ3n) is 4.34. The maximum Gasteiger partial charge on any atom is 0.124 e. The van der Waals surface area contributed by atoms with Crippen molar-refractivity contribution in [1.29, 1.82) is 0 Å². The van der Waals surface area contributed by atoms with E-state index >= 15 is 0 Å². The van der Waals surface area contributed by atoms with E-state index in [1.54, 1.807) is 49.6 Å². The van der Waals surface area contributed by atoms with Crippen molar-refractivity contribution in [3.05, 3.63) is 83.4 Å². The van der Waals surface area contributed by atoms with Gasteiger partial charge in [-0.3, -0.25) is 0 Å². The highest BCUT2D eigenvalue weighted by atomic mass is 16.5. The Morgan fingerprint density at radius 1 is 0.828 bits per heavy atom. The summed E-state index contributed by atoms with van der Waals surface area (Å²) in [6.07, 6.45) is 4.50. The Bertz CT molecular complexity index is 1020. The Balaban J connectivity index is 1.81. The van der Waals surface area contributed by atoms with Crippen LogP contribution < -0.4 is 9.64 Å². The molecule has 2 N–H and O–H groups in total. The highest BCUT2D eigenvalue weighted by Crippen LogP contribution is 2.21. The Kier molecular flexibility index (Phi) is 6.14. The fourth-order valence-corrected chi connectivity index (χ4v) is 2.69. The Morgan fingerprint density at radius 2 is 1.31 bits per heavy atom. The third kappa shape index (κ3) is 5.13. The lowest BCUT2D eigenvalue weighted by molar-refractivity contribution is 0.414. The molecule has 0 bridgehead atoms. The quantitative estimate of drug-likeness (QED) is 0.597. The second kappa shape index (κ2) is 8.93. The van der Waals surface area contributed by atoms with Gasteiger partial charge in [-0.15, -0.1) is 0 Å². The zero-order valence-electron chi connectivity index (χ0n) is 16.6. The minimum Gasteiger partial charge on any atom is -0.507 e. The van der Waals surface area contributed by atoms with E-state index < -0.39 is 0 Å². The number of methoxy groups -OCH3 is 1. The summed E-state index contributed by atoms with van der Waals surface area (Å²) < 4.78 is 5.12. The SMILES string of the molecule is COc1ccc(/C(O)=C/c2cc(/C=C(\O)c3ccc(N(C)C)cc3)ncn2)cc1. The van der Waals surface area contributed by atoms with E-state index in [1.807, 2.05) is 43.3 Å². The smallest absolute Gasteiger partial charge is 0.124 e. The number of anilines is 1. The van der Waals surface area contributed by atoms with Gasteiger partial charge in [-0.1, -0.05) is 0 Å². The Hall–Kier alpha value is -3.80. The van der Waals surface area contributed by atoms with Gasteiger partial charge in [0.2, 0.25) is 0 Å². The first-order valence-corrected chi connectivity index (χ1v) is 9.02. The normalized spacial score (nSPS) is 12.0. The number of aromatic nitrogens is 2. The van der Waals surface area contributed by atoms with E-state index in [2.05, 4.69) is 9.97 Å². The molecule has 0 aliphatic carbocycles. The summed E-state index contributed by atoms with van der Waals surface area (Å²) in [5.74, 6) is 0.887. The molecule has 0 amide bonds. The van der Waals surface area contributed by atoms with Crippen LogP contribution in [0, 0.1) is 0 Å². The molecular formula is C23H23N3O3. The van der Waals surface area contributed by atoms with Crippen molar-refractivity contribution in [2.45, 2.75) is 0 Å². The molecule has 0 radical (unpaired) electrons. The molecule has 0 unspecified atom stereocenters. The van der Waals surface area contributed by atoms with Crippen LogP contribution in [0.4, 0.5) is 5.69 Å². The first-order chi connectivity index (χ1) is 14.0. The van der Waals surface area contributed by atoms with E-state index in [9.17, 15) is 10.2 Å². The van der Waals surface area contributed by atoms with Gasteiger partial charge >= 0.3 is 0 Å². The van der Waals surface area contributed by atoms with Crippen LogP contribution in [0.2, 0.25) is 0 Å². The maximum absolute atomic E-state index is 10.4. The topological polar surface area (TPSA) is 78.7 Å². The van der Waals surface area contributed by atoms with Crippen molar-refractivity contribution in [2.75, 3.05) is 26.1 Å². The van der Waals surface area contributed by atoms with Gasteiger partial charge < -0.3 is 19.8 Å². The van der Waals surface area contributed by atoms with Gasteiger partial charge in [-0.2, -0.15) is 0 Å². The molecule has 1 heterocycles. The molecule has 2 aromatic carbocycles. The van der Waals surface area contributed by atoms with E-state index in [-0.39, 0.29) is 11.5 Å². The molecule has 0 saturated carbocycles. The molecule has 0 saturated heterocycles. The molecule has 6 nitrogen and oxygen atoms in total. The molecular weight excluding hydrogens is 366 g/mol. The third-order valence-corrected chi connectivity index (χ3v) is 4.34. The number of aliphatic hydroxyl groups is 2. The minimum atomic E-state index is 0.0739. The van der Waals surface area contributed by atoms with Gasteiger partial charge in [0.15, 0.2) is 0 Å². The predicted molar refractivity (Wildman–Crippen MR) is 117 cm³/mol. The summed E-state index contributed by atoms with van der Waals surface area (Å²) in [6, 6.07) is 16.3. The molecule has 1 aromatic heterocycles. The van der Waals surface area contributed by atoms with Gasteiger partial charge in [-0.25, -0.2) is 9.97 Å². The summed E-state index contributed by atoms with van der Waals surface area (Å²) >= 11 is 0. The van der Waals surface area contributed by atoms with Crippen molar-refractivity contribution in [3.63, 3.8) is 0 Å². The van der Waals surface area contributed by atoms with Crippen LogP contribution in [-0.4, -0.2) is 41.4 Å². The first kappa shape index (κ1) is 19.9. The van der Waals surface area contributed by atoms with Gasteiger partial charge in [0.1, 0.15) is 23.6 Å². The first-order valence-electron chi connectivity index (χ1n) is 9.02. The molecule has 0 spiro atoms. The number of rotatable bonds is 6. The summed E-state index contributed by atoms with van der Waals surface area (Å²) in [7, 11) is 5.51. The fourth-order valence-electron chi connectivity index (χ4n) is 2.69. The maximum atomic E-state index is 10.4. The number of hydrogen-bond donors (Lipinski definition) is 2. The number of benzene rings is 2. The highest BCUT2D eigenvalue weighted by Gasteiger charge is 2.04. The van der Waals surface area contributed by atoms with Gasteiger partial charge in [-0.05, 0) is 54.6 Å². The molecule has 0 aliphatic heterocycles. The van der Waals surface area contributed by atoms with E-state index in [0.29, 0.717) is 28.3 Å². The zero-order valence-corrected chi connectivity index (χ0v) is 16.6. The zero-order chi connectivity index (χ0) is 20.8. The van der Waals surface area contributed by atoms with Crippen molar-refractivity contribution in [2.24, 2.45) is 0 Å². The summed E-state index contributed by atoms with van der Waals surface area (Å²) in [5.41, 5.74) is 3.43. The summed E-state index contributed by atoms with van der Waals surface area (Å²) in [6.45, 7) is 0. The van der Waals surface area contributed by atoms with Crippen LogP contribution in [0.25, 0.3) is 23.7 Å². The van der Waals surface area contributed by atoms with Gasteiger partial charge in [0.05, 0.1) is 18.5 Å². The van der Waals surface area contributed by atoms with Crippen molar-refractivity contribution >= 4 is 29.4 Å².